The minimum atomic E-state index is -3.93. The second-order valence-electron chi connectivity index (χ2n) is 4.28. The van der Waals surface area contributed by atoms with E-state index in [4.69, 9.17) is 26.2 Å². The van der Waals surface area contributed by atoms with Crippen molar-refractivity contribution in [3.05, 3.63) is 28.8 Å². The minimum Gasteiger partial charge on any atom is -0.460 e. The third-order valence-corrected chi connectivity index (χ3v) is 3.31. The molecule has 0 saturated heterocycles. The van der Waals surface area contributed by atoms with Gasteiger partial charge in [0.25, 0.3) is 0 Å². The van der Waals surface area contributed by atoms with Crippen LogP contribution in [0.25, 0.3) is 0 Å². The van der Waals surface area contributed by atoms with Crippen LogP contribution in [0.1, 0.15) is 24.2 Å². The van der Waals surface area contributed by atoms with Crippen LogP contribution in [0.5, 0.6) is 0 Å². The summed E-state index contributed by atoms with van der Waals surface area (Å²) in [4.78, 5) is 11.5. The maximum atomic E-state index is 11.7. The van der Waals surface area contributed by atoms with Crippen molar-refractivity contribution < 1.29 is 22.7 Å². The van der Waals surface area contributed by atoms with E-state index in [0.29, 0.717) is 0 Å². The van der Waals surface area contributed by atoms with Crippen LogP contribution in [-0.4, -0.2) is 33.7 Å². The summed E-state index contributed by atoms with van der Waals surface area (Å²) in [6.07, 6.45) is 0.0360. The molecular formula is C12H16ClNO5S. The Morgan fingerprint density at radius 1 is 1.30 bits per heavy atom. The molecule has 1 aromatic carbocycles. The number of esters is 1. The molecule has 0 fully saturated rings. The molecule has 20 heavy (non-hydrogen) atoms. The lowest BCUT2D eigenvalue weighted by molar-refractivity contribution is 0.0177. The summed E-state index contributed by atoms with van der Waals surface area (Å²) in [7, 11) is -3.93. The van der Waals surface area contributed by atoms with Crippen LogP contribution >= 0.6 is 11.6 Å². The van der Waals surface area contributed by atoms with Crippen LogP contribution in [0.2, 0.25) is 5.02 Å². The molecular weight excluding hydrogens is 306 g/mol. The van der Waals surface area contributed by atoms with Gasteiger partial charge in [0.05, 0.1) is 23.2 Å². The molecule has 0 unspecified atom stereocenters. The normalized spacial score (nSPS) is 11.7. The van der Waals surface area contributed by atoms with E-state index >= 15 is 0 Å². The van der Waals surface area contributed by atoms with Gasteiger partial charge in [0.2, 0.25) is 10.0 Å². The van der Waals surface area contributed by atoms with Gasteiger partial charge in [-0.05, 0) is 32.0 Å². The highest BCUT2D eigenvalue weighted by molar-refractivity contribution is 7.89. The largest absolute Gasteiger partial charge is 0.460 e. The van der Waals surface area contributed by atoms with Gasteiger partial charge < -0.3 is 9.47 Å². The highest BCUT2D eigenvalue weighted by atomic mass is 35.5. The van der Waals surface area contributed by atoms with Crippen LogP contribution in [0.4, 0.5) is 0 Å². The van der Waals surface area contributed by atoms with Gasteiger partial charge in [-0.2, -0.15) is 0 Å². The molecule has 2 N–H and O–H groups in total. The van der Waals surface area contributed by atoms with Crippen molar-refractivity contribution in [2.45, 2.75) is 24.8 Å². The summed E-state index contributed by atoms with van der Waals surface area (Å²) >= 11 is 5.75. The first-order chi connectivity index (χ1) is 9.20. The summed E-state index contributed by atoms with van der Waals surface area (Å²) < 4.78 is 32.6. The SMILES string of the molecule is CC(C)OCCOC(=O)c1cc(Cl)cc(S(N)(=O)=O)c1. The summed E-state index contributed by atoms with van der Waals surface area (Å²) in [5, 5.41) is 5.08. The third kappa shape index (κ3) is 5.46. The van der Waals surface area contributed by atoms with E-state index in [0.717, 1.165) is 12.1 Å². The Morgan fingerprint density at radius 3 is 2.50 bits per heavy atom. The monoisotopic (exact) mass is 321 g/mol. The van der Waals surface area contributed by atoms with E-state index < -0.39 is 16.0 Å². The van der Waals surface area contributed by atoms with Crippen molar-refractivity contribution >= 4 is 27.6 Å². The van der Waals surface area contributed by atoms with Gasteiger partial charge in [0, 0.05) is 5.02 Å². The number of nitrogens with two attached hydrogens (primary N) is 1. The Balaban J connectivity index is 2.76. The molecule has 112 valence electrons. The third-order valence-electron chi connectivity index (χ3n) is 2.20. The summed E-state index contributed by atoms with van der Waals surface area (Å²) in [5.74, 6) is -0.690. The number of hydrogen-bond acceptors (Lipinski definition) is 5. The van der Waals surface area contributed by atoms with Crippen molar-refractivity contribution in [3.63, 3.8) is 0 Å². The Morgan fingerprint density at radius 2 is 1.95 bits per heavy atom. The standard InChI is InChI=1S/C12H16ClNO5S/c1-8(2)18-3-4-19-12(15)9-5-10(13)7-11(6-9)20(14,16)17/h5-8H,3-4H2,1-2H3,(H2,14,16,17). The zero-order valence-electron chi connectivity index (χ0n) is 11.1. The van der Waals surface area contributed by atoms with E-state index in [1.165, 1.54) is 6.07 Å². The van der Waals surface area contributed by atoms with E-state index in [1.807, 2.05) is 13.8 Å². The summed E-state index contributed by atoms with van der Waals surface area (Å²) in [6.45, 7) is 4.04. The molecule has 0 aromatic heterocycles. The number of carbonyl (C=O) groups is 1. The van der Waals surface area contributed by atoms with Crippen molar-refractivity contribution in [2.75, 3.05) is 13.2 Å². The number of primary sulfonamides is 1. The fourth-order valence-corrected chi connectivity index (χ4v) is 2.23. The van der Waals surface area contributed by atoms with Gasteiger partial charge in [-0.3, -0.25) is 0 Å². The summed E-state index contributed by atoms with van der Waals surface area (Å²) in [5.41, 5.74) is 0.0195. The lowest BCUT2D eigenvalue weighted by Crippen LogP contribution is -2.15. The number of benzene rings is 1. The maximum absolute atomic E-state index is 11.7. The first-order valence-corrected chi connectivity index (χ1v) is 7.74. The van der Waals surface area contributed by atoms with Gasteiger partial charge in [-0.15, -0.1) is 0 Å². The second kappa shape index (κ2) is 7.03. The van der Waals surface area contributed by atoms with Crippen molar-refractivity contribution in [3.8, 4) is 0 Å². The fraction of sp³-hybridized carbons (Fsp3) is 0.417. The van der Waals surface area contributed by atoms with Crippen LogP contribution < -0.4 is 5.14 Å². The predicted octanol–water partition coefficient (Wildman–Crippen LogP) is 1.57. The Kier molecular flexibility index (Phi) is 5.94. The molecule has 0 heterocycles. The van der Waals surface area contributed by atoms with Crippen LogP contribution in [0.15, 0.2) is 23.1 Å². The van der Waals surface area contributed by atoms with Crippen molar-refractivity contribution in [1.29, 1.82) is 0 Å². The molecule has 0 spiro atoms. The van der Waals surface area contributed by atoms with Gasteiger partial charge in [-0.1, -0.05) is 11.6 Å². The number of ether oxygens (including phenoxy) is 2. The molecule has 0 aliphatic rings. The number of sulfonamides is 1. The highest BCUT2D eigenvalue weighted by Gasteiger charge is 2.15. The molecule has 1 rings (SSSR count). The highest BCUT2D eigenvalue weighted by Crippen LogP contribution is 2.18. The van der Waals surface area contributed by atoms with E-state index in [1.54, 1.807) is 0 Å². The Hall–Kier alpha value is -1.15. The van der Waals surface area contributed by atoms with E-state index in [9.17, 15) is 13.2 Å². The van der Waals surface area contributed by atoms with Crippen LogP contribution in [-0.2, 0) is 19.5 Å². The van der Waals surface area contributed by atoms with Crippen LogP contribution in [0.3, 0.4) is 0 Å². The molecule has 8 heteroatoms. The van der Waals surface area contributed by atoms with E-state index in [-0.39, 0.29) is 34.8 Å². The number of hydrogen-bond donors (Lipinski definition) is 1. The average Bonchev–Trinajstić information content (AvgIpc) is 2.32. The smallest absolute Gasteiger partial charge is 0.338 e. The first kappa shape index (κ1) is 16.9. The quantitative estimate of drug-likeness (QED) is 0.633. The van der Waals surface area contributed by atoms with Crippen molar-refractivity contribution in [2.24, 2.45) is 5.14 Å². The zero-order chi connectivity index (χ0) is 15.3. The molecule has 6 nitrogen and oxygen atoms in total. The number of carbonyl (C=O) groups excluding carboxylic acids is 1. The fourth-order valence-electron chi connectivity index (χ4n) is 1.35. The van der Waals surface area contributed by atoms with Crippen LogP contribution in [0, 0.1) is 0 Å². The maximum Gasteiger partial charge on any atom is 0.338 e. The predicted molar refractivity (Wildman–Crippen MR) is 74.2 cm³/mol. The molecule has 1 aromatic rings. The van der Waals surface area contributed by atoms with E-state index in [2.05, 4.69) is 0 Å². The number of rotatable bonds is 6. The average molecular weight is 322 g/mol. The zero-order valence-corrected chi connectivity index (χ0v) is 12.7. The molecule has 0 aliphatic carbocycles. The molecule has 0 saturated carbocycles. The molecule has 0 bridgehead atoms. The van der Waals surface area contributed by atoms with Gasteiger partial charge in [0.15, 0.2) is 0 Å². The lowest BCUT2D eigenvalue weighted by Gasteiger charge is -2.09. The van der Waals surface area contributed by atoms with Crippen molar-refractivity contribution in [1.82, 2.24) is 0 Å². The van der Waals surface area contributed by atoms with Gasteiger partial charge in [0.1, 0.15) is 6.61 Å². The second-order valence-corrected chi connectivity index (χ2v) is 6.27. The lowest BCUT2D eigenvalue weighted by atomic mass is 10.2. The van der Waals surface area contributed by atoms with Gasteiger partial charge in [-0.25, -0.2) is 18.4 Å². The molecule has 0 aliphatic heterocycles. The molecule has 0 atom stereocenters. The number of halogens is 1. The first-order valence-electron chi connectivity index (χ1n) is 5.82. The Labute approximate surface area is 122 Å². The topological polar surface area (TPSA) is 95.7 Å². The molecule has 0 amide bonds. The van der Waals surface area contributed by atoms with Gasteiger partial charge >= 0.3 is 5.97 Å². The summed E-state index contributed by atoms with van der Waals surface area (Å²) in [6, 6.07) is 3.59. The molecule has 0 radical (unpaired) electrons. The Bertz CT molecular complexity index is 586. The minimum absolute atomic E-state index is 0.0195.